The first-order chi connectivity index (χ1) is 13.6. The van der Waals surface area contributed by atoms with Gasteiger partial charge in [0.15, 0.2) is 0 Å². The van der Waals surface area contributed by atoms with Crippen LogP contribution >= 0.6 is 0 Å². The molecule has 0 atom stereocenters. The first-order valence-corrected chi connectivity index (χ1v) is 9.76. The van der Waals surface area contributed by atoms with Crippen LogP contribution in [-0.2, 0) is 13.0 Å². The van der Waals surface area contributed by atoms with E-state index < -0.39 is 0 Å². The summed E-state index contributed by atoms with van der Waals surface area (Å²) in [4.78, 5) is 26.5. The fraction of sp³-hybridized carbons (Fsp3) is 0.364. The van der Waals surface area contributed by atoms with Crippen LogP contribution in [0.5, 0.6) is 0 Å². The van der Waals surface area contributed by atoms with Gasteiger partial charge in [-0.15, -0.1) is 0 Å². The number of rotatable bonds is 6. The largest absolute Gasteiger partial charge is 0.339 e. The van der Waals surface area contributed by atoms with Crippen LogP contribution < -0.4 is 10.6 Å². The molecule has 0 aromatic heterocycles. The van der Waals surface area contributed by atoms with Gasteiger partial charge < -0.3 is 15.5 Å². The van der Waals surface area contributed by atoms with E-state index in [-0.39, 0.29) is 17.8 Å². The molecule has 0 radical (unpaired) electrons. The predicted molar refractivity (Wildman–Crippen MR) is 107 cm³/mol. The van der Waals surface area contributed by atoms with Crippen molar-refractivity contribution in [2.45, 2.75) is 32.2 Å². The number of nitrogens with one attached hydrogen (secondary N) is 2. The predicted octanol–water partition coefficient (Wildman–Crippen LogP) is 3.49. The van der Waals surface area contributed by atoms with Gasteiger partial charge in [0.05, 0.1) is 0 Å². The van der Waals surface area contributed by atoms with Crippen molar-refractivity contribution < 1.29 is 14.0 Å². The molecule has 5 nitrogen and oxygen atoms in total. The van der Waals surface area contributed by atoms with Gasteiger partial charge in [0.2, 0.25) is 0 Å². The van der Waals surface area contributed by atoms with Gasteiger partial charge in [-0.1, -0.05) is 24.3 Å². The van der Waals surface area contributed by atoms with Crippen molar-refractivity contribution in [2.75, 3.05) is 19.6 Å². The van der Waals surface area contributed by atoms with E-state index >= 15 is 0 Å². The van der Waals surface area contributed by atoms with Crippen LogP contribution in [0.25, 0.3) is 0 Å². The average molecular weight is 383 g/mol. The number of hydrogen-bond donors (Lipinski definition) is 2. The minimum atomic E-state index is -0.288. The lowest BCUT2D eigenvalue weighted by atomic mass is 10.1. The second-order valence-electron chi connectivity index (χ2n) is 7.04. The van der Waals surface area contributed by atoms with E-state index in [9.17, 15) is 14.0 Å². The Balaban J connectivity index is 1.45. The summed E-state index contributed by atoms with van der Waals surface area (Å²) in [5.74, 6) is -0.220. The normalized spacial score (nSPS) is 13.8. The van der Waals surface area contributed by atoms with Crippen molar-refractivity contribution in [1.82, 2.24) is 15.5 Å². The summed E-state index contributed by atoms with van der Waals surface area (Å²) in [6.45, 7) is 2.39. The van der Waals surface area contributed by atoms with Gasteiger partial charge >= 0.3 is 6.03 Å². The highest BCUT2D eigenvalue weighted by Gasteiger charge is 2.18. The Bertz CT molecular complexity index is 819. The van der Waals surface area contributed by atoms with Crippen LogP contribution in [0.2, 0.25) is 0 Å². The van der Waals surface area contributed by atoms with Gasteiger partial charge in [-0.3, -0.25) is 4.79 Å². The molecule has 2 aromatic carbocycles. The average Bonchev–Trinajstić information content (AvgIpc) is 2.73. The smallest absolute Gasteiger partial charge is 0.315 e. The summed E-state index contributed by atoms with van der Waals surface area (Å²) < 4.78 is 13.1. The SMILES string of the molecule is O=C(NCCc1cccc(F)c1)NCc1cccc(C(=O)N2CCCCC2)c1. The molecule has 1 aliphatic heterocycles. The Morgan fingerprint density at radius 3 is 2.46 bits per heavy atom. The van der Waals surface area contributed by atoms with Gasteiger partial charge in [-0.05, 0) is 61.1 Å². The molecule has 0 bridgehead atoms. The number of nitrogens with zero attached hydrogens (tertiary/aromatic N) is 1. The molecule has 3 rings (SSSR count). The van der Waals surface area contributed by atoms with Gasteiger partial charge in [0.1, 0.15) is 5.82 Å². The minimum absolute atomic E-state index is 0.0566. The first-order valence-electron chi connectivity index (χ1n) is 9.76. The lowest BCUT2D eigenvalue weighted by Crippen LogP contribution is -2.36. The zero-order valence-corrected chi connectivity index (χ0v) is 15.9. The molecular weight excluding hydrogens is 357 g/mol. The maximum atomic E-state index is 13.1. The Morgan fingerprint density at radius 2 is 1.68 bits per heavy atom. The van der Waals surface area contributed by atoms with Crippen molar-refractivity contribution in [3.63, 3.8) is 0 Å². The third kappa shape index (κ3) is 5.81. The van der Waals surface area contributed by atoms with E-state index in [0.29, 0.717) is 25.1 Å². The molecule has 148 valence electrons. The molecule has 2 aromatic rings. The van der Waals surface area contributed by atoms with E-state index in [0.717, 1.165) is 37.1 Å². The monoisotopic (exact) mass is 383 g/mol. The Morgan fingerprint density at radius 1 is 0.929 bits per heavy atom. The highest BCUT2D eigenvalue weighted by Crippen LogP contribution is 2.14. The van der Waals surface area contributed by atoms with Crippen LogP contribution in [0.15, 0.2) is 48.5 Å². The van der Waals surface area contributed by atoms with Crippen LogP contribution in [0, 0.1) is 5.82 Å². The molecule has 1 saturated heterocycles. The summed E-state index contributed by atoms with van der Waals surface area (Å²) in [6.07, 6.45) is 3.86. The van der Waals surface area contributed by atoms with Crippen molar-refractivity contribution in [1.29, 1.82) is 0 Å². The quantitative estimate of drug-likeness (QED) is 0.802. The molecule has 1 heterocycles. The van der Waals surface area contributed by atoms with Crippen molar-refractivity contribution in [3.05, 3.63) is 71.0 Å². The van der Waals surface area contributed by atoms with Crippen LogP contribution in [0.3, 0.4) is 0 Å². The molecule has 1 fully saturated rings. The molecule has 0 unspecified atom stereocenters. The number of amides is 3. The van der Waals surface area contributed by atoms with Crippen molar-refractivity contribution in [2.24, 2.45) is 0 Å². The zero-order chi connectivity index (χ0) is 19.8. The summed E-state index contributed by atoms with van der Waals surface area (Å²) >= 11 is 0. The Kier molecular flexibility index (Phi) is 7.00. The van der Waals surface area contributed by atoms with E-state index in [1.165, 1.54) is 18.6 Å². The summed E-state index contributed by atoms with van der Waals surface area (Å²) in [6, 6.07) is 13.4. The number of hydrogen-bond acceptors (Lipinski definition) is 2. The molecule has 0 spiro atoms. The molecule has 2 N–H and O–H groups in total. The summed E-state index contributed by atoms with van der Waals surface area (Å²) in [5.41, 5.74) is 2.38. The number of benzene rings is 2. The number of piperidine rings is 1. The van der Waals surface area contributed by atoms with Crippen molar-refractivity contribution >= 4 is 11.9 Å². The van der Waals surface area contributed by atoms with Crippen LogP contribution in [-0.4, -0.2) is 36.5 Å². The maximum Gasteiger partial charge on any atom is 0.315 e. The molecule has 3 amide bonds. The maximum absolute atomic E-state index is 13.1. The summed E-state index contributed by atoms with van der Waals surface area (Å²) in [5, 5.41) is 5.56. The fourth-order valence-electron chi connectivity index (χ4n) is 3.35. The molecular formula is C22H26FN3O2. The van der Waals surface area contributed by atoms with Crippen molar-refractivity contribution in [3.8, 4) is 0 Å². The second-order valence-corrected chi connectivity index (χ2v) is 7.04. The summed E-state index contributed by atoms with van der Waals surface area (Å²) in [7, 11) is 0. The second kappa shape index (κ2) is 9.88. The highest BCUT2D eigenvalue weighted by atomic mass is 19.1. The van der Waals surface area contributed by atoms with E-state index in [1.807, 2.05) is 35.2 Å². The lowest BCUT2D eigenvalue weighted by molar-refractivity contribution is 0.0724. The highest BCUT2D eigenvalue weighted by molar-refractivity contribution is 5.94. The van der Waals surface area contributed by atoms with Gasteiger partial charge in [-0.2, -0.15) is 0 Å². The topological polar surface area (TPSA) is 61.4 Å². The van der Waals surface area contributed by atoms with Gasteiger partial charge in [0.25, 0.3) is 5.91 Å². The molecule has 28 heavy (non-hydrogen) atoms. The third-order valence-corrected chi connectivity index (χ3v) is 4.86. The fourth-order valence-corrected chi connectivity index (χ4v) is 3.35. The molecule has 0 saturated carbocycles. The van der Waals surface area contributed by atoms with Gasteiger partial charge in [0, 0.05) is 31.7 Å². The Hall–Kier alpha value is -2.89. The molecule has 1 aliphatic rings. The van der Waals surface area contributed by atoms with Gasteiger partial charge in [-0.25, -0.2) is 9.18 Å². The Labute approximate surface area is 164 Å². The van der Waals surface area contributed by atoms with E-state index in [4.69, 9.17) is 0 Å². The van der Waals surface area contributed by atoms with E-state index in [2.05, 4.69) is 10.6 Å². The number of likely N-dealkylation sites (tertiary alicyclic amines) is 1. The number of halogens is 1. The molecule has 6 heteroatoms. The standard InChI is InChI=1S/C22H26FN3O2/c23-20-9-5-6-17(15-20)10-11-24-22(28)25-16-18-7-4-8-19(14-18)21(27)26-12-2-1-3-13-26/h4-9,14-15H,1-3,10-13,16H2,(H2,24,25,28). The number of urea groups is 1. The minimum Gasteiger partial charge on any atom is -0.339 e. The lowest BCUT2D eigenvalue weighted by Gasteiger charge is -2.26. The number of carbonyl (C=O) groups excluding carboxylic acids is 2. The molecule has 0 aliphatic carbocycles. The van der Waals surface area contributed by atoms with E-state index in [1.54, 1.807) is 6.07 Å². The van der Waals surface area contributed by atoms with Crippen LogP contribution in [0.1, 0.15) is 40.7 Å². The van der Waals surface area contributed by atoms with Crippen LogP contribution in [0.4, 0.5) is 9.18 Å². The first kappa shape index (κ1) is 19.9. The number of carbonyl (C=O) groups is 2. The third-order valence-electron chi connectivity index (χ3n) is 4.86. The zero-order valence-electron chi connectivity index (χ0n) is 15.9.